The molecule has 0 aliphatic heterocycles. The van der Waals surface area contributed by atoms with E-state index in [0.717, 1.165) is 5.56 Å². The maximum absolute atomic E-state index is 11.9. The Morgan fingerprint density at radius 1 is 1.32 bits per heavy atom. The summed E-state index contributed by atoms with van der Waals surface area (Å²) >= 11 is 4.64. The maximum Gasteiger partial charge on any atom is 0.312 e. The molecule has 0 unspecified atom stereocenters. The molecule has 0 bridgehead atoms. The second-order valence-corrected chi connectivity index (χ2v) is 4.48. The van der Waals surface area contributed by atoms with E-state index in [0.29, 0.717) is 13.1 Å². The van der Waals surface area contributed by atoms with Gasteiger partial charge in [0.2, 0.25) is 0 Å². The molecule has 0 aliphatic rings. The molecule has 19 heavy (non-hydrogen) atoms. The van der Waals surface area contributed by atoms with Crippen molar-refractivity contribution in [3.63, 3.8) is 0 Å². The second-order valence-electron chi connectivity index (χ2n) is 3.95. The van der Waals surface area contributed by atoms with Crippen molar-refractivity contribution in [2.75, 3.05) is 13.1 Å². The highest BCUT2D eigenvalue weighted by molar-refractivity contribution is 7.80. The first-order chi connectivity index (χ1) is 9.04. The molecule has 1 rings (SSSR count). The zero-order valence-corrected chi connectivity index (χ0v) is 11.6. The van der Waals surface area contributed by atoms with Crippen molar-refractivity contribution >= 4 is 29.0 Å². The minimum atomic E-state index is -0.689. The number of rotatable bonds is 5. The molecule has 1 aromatic rings. The molecule has 0 aromatic heterocycles. The monoisotopic (exact) mass is 279 g/mol. The van der Waals surface area contributed by atoms with E-state index < -0.39 is 11.8 Å². The van der Waals surface area contributed by atoms with Gasteiger partial charge in [-0.2, -0.15) is 0 Å². The quantitative estimate of drug-likeness (QED) is 0.606. The Morgan fingerprint density at radius 2 is 1.95 bits per heavy atom. The number of thiocarbonyl (C=S) groups is 1. The van der Waals surface area contributed by atoms with Crippen LogP contribution >= 0.6 is 12.2 Å². The molecule has 0 atom stereocenters. The number of likely N-dealkylation sites (N-methyl/N-ethyl adjacent to an activating group) is 1. The van der Waals surface area contributed by atoms with E-state index in [-0.39, 0.29) is 11.5 Å². The molecular formula is C13H17N3O2S. The fraction of sp³-hybridized carbons (Fsp3) is 0.308. The van der Waals surface area contributed by atoms with E-state index in [1.54, 1.807) is 0 Å². The van der Waals surface area contributed by atoms with Crippen LogP contribution in [0.5, 0.6) is 0 Å². The van der Waals surface area contributed by atoms with Crippen LogP contribution in [0.4, 0.5) is 0 Å². The number of nitrogens with two attached hydrogens (primary N) is 1. The number of hydrogen-bond acceptors (Lipinski definition) is 3. The molecule has 0 fully saturated rings. The van der Waals surface area contributed by atoms with Gasteiger partial charge in [-0.15, -0.1) is 0 Å². The maximum atomic E-state index is 11.9. The predicted octanol–water partition coefficient (Wildman–Crippen LogP) is 0.437. The van der Waals surface area contributed by atoms with Gasteiger partial charge in [-0.25, -0.2) is 0 Å². The van der Waals surface area contributed by atoms with Gasteiger partial charge in [-0.1, -0.05) is 42.5 Å². The average molecular weight is 279 g/mol. The zero-order chi connectivity index (χ0) is 14.3. The number of carbonyl (C=O) groups excluding carboxylic acids is 2. The molecule has 2 amide bonds. The van der Waals surface area contributed by atoms with Crippen molar-refractivity contribution in [2.24, 2.45) is 5.73 Å². The van der Waals surface area contributed by atoms with E-state index >= 15 is 0 Å². The smallest absolute Gasteiger partial charge is 0.312 e. The third kappa shape index (κ3) is 5.05. The summed E-state index contributed by atoms with van der Waals surface area (Å²) in [7, 11) is 0. The van der Waals surface area contributed by atoms with Crippen LogP contribution in [-0.4, -0.2) is 34.8 Å². The lowest BCUT2D eigenvalue weighted by Gasteiger charge is -2.20. The van der Waals surface area contributed by atoms with Crippen LogP contribution in [0.25, 0.3) is 0 Å². The van der Waals surface area contributed by atoms with Crippen LogP contribution in [0.15, 0.2) is 30.3 Å². The largest absolute Gasteiger partial charge is 0.392 e. The molecule has 0 aliphatic carbocycles. The molecule has 0 spiro atoms. The second kappa shape index (κ2) is 7.48. The summed E-state index contributed by atoms with van der Waals surface area (Å²) in [4.78, 5) is 25.1. The summed E-state index contributed by atoms with van der Waals surface area (Å²) in [5.74, 6) is -1.27. The van der Waals surface area contributed by atoms with Crippen molar-refractivity contribution in [1.82, 2.24) is 10.2 Å². The fourth-order valence-corrected chi connectivity index (χ4v) is 1.59. The molecule has 0 saturated heterocycles. The Morgan fingerprint density at radius 3 is 2.47 bits per heavy atom. The molecule has 0 saturated carbocycles. The van der Waals surface area contributed by atoms with Gasteiger partial charge >= 0.3 is 11.8 Å². The van der Waals surface area contributed by atoms with Gasteiger partial charge in [-0.05, 0) is 12.5 Å². The molecule has 6 heteroatoms. The van der Waals surface area contributed by atoms with Gasteiger partial charge in [-0.3, -0.25) is 9.59 Å². The summed E-state index contributed by atoms with van der Waals surface area (Å²) in [5.41, 5.74) is 6.24. The van der Waals surface area contributed by atoms with Crippen molar-refractivity contribution in [1.29, 1.82) is 0 Å². The van der Waals surface area contributed by atoms with Crippen molar-refractivity contribution in [2.45, 2.75) is 13.5 Å². The predicted molar refractivity (Wildman–Crippen MR) is 77.3 cm³/mol. The van der Waals surface area contributed by atoms with Crippen molar-refractivity contribution in [3.05, 3.63) is 35.9 Å². The summed E-state index contributed by atoms with van der Waals surface area (Å²) < 4.78 is 0. The number of carbonyl (C=O) groups is 2. The van der Waals surface area contributed by atoms with E-state index in [1.807, 2.05) is 37.3 Å². The number of hydrogen-bond donors (Lipinski definition) is 2. The lowest BCUT2D eigenvalue weighted by molar-refractivity contribution is -0.146. The number of amides is 2. The van der Waals surface area contributed by atoms with Crippen LogP contribution < -0.4 is 11.1 Å². The average Bonchev–Trinajstić information content (AvgIpc) is 2.42. The molecule has 1 aromatic carbocycles. The Labute approximate surface area is 117 Å². The summed E-state index contributed by atoms with van der Waals surface area (Å²) in [6, 6.07) is 9.49. The number of nitrogens with zero attached hydrogens (tertiary/aromatic N) is 1. The van der Waals surface area contributed by atoms with Gasteiger partial charge in [0, 0.05) is 13.1 Å². The van der Waals surface area contributed by atoms with Crippen LogP contribution in [0.1, 0.15) is 12.5 Å². The summed E-state index contributed by atoms with van der Waals surface area (Å²) in [6.45, 7) is 2.70. The van der Waals surface area contributed by atoms with Crippen molar-refractivity contribution in [3.8, 4) is 0 Å². The third-order valence-electron chi connectivity index (χ3n) is 2.50. The fourth-order valence-electron chi connectivity index (χ4n) is 1.52. The lowest BCUT2D eigenvalue weighted by atomic mass is 10.2. The Balaban J connectivity index is 2.61. The first-order valence-electron chi connectivity index (χ1n) is 5.94. The lowest BCUT2D eigenvalue weighted by Crippen LogP contribution is -2.44. The van der Waals surface area contributed by atoms with Gasteiger partial charge in [0.05, 0.1) is 11.5 Å². The molecule has 102 valence electrons. The van der Waals surface area contributed by atoms with Crippen LogP contribution in [-0.2, 0) is 16.1 Å². The molecule has 5 nitrogen and oxygen atoms in total. The van der Waals surface area contributed by atoms with Gasteiger partial charge < -0.3 is 16.0 Å². The third-order valence-corrected chi connectivity index (χ3v) is 2.65. The summed E-state index contributed by atoms with van der Waals surface area (Å²) in [5, 5.41) is 2.39. The first kappa shape index (κ1) is 15.1. The zero-order valence-electron chi connectivity index (χ0n) is 10.8. The highest BCUT2D eigenvalue weighted by Crippen LogP contribution is 2.04. The molecule has 0 heterocycles. The topological polar surface area (TPSA) is 75.4 Å². The first-order valence-corrected chi connectivity index (χ1v) is 6.34. The van der Waals surface area contributed by atoms with Crippen LogP contribution in [0, 0.1) is 0 Å². The standard InChI is InChI=1S/C13H17N3O2S/c1-2-16(9-10-6-4-3-5-7-10)13(18)12(17)15-8-11(14)19/h3-7H,2,8-9H2,1H3,(H2,14,19)(H,15,17). The molecule has 0 radical (unpaired) electrons. The number of nitrogens with one attached hydrogen (secondary N) is 1. The van der Waals surface area contributed by atoms with Gasteiger partial charge in [0.1, 0.15) is 0 Å². The summed E-state index contributed by atoms with van der Waals surface area (Å²) in [6.07, 6.45) is 0. The minimum absolute atomic E-state index is 0.0306. The Bertz CT molecular complexity index is 462. The van der Waals surface area contributed by atoms with E-state index in [9.17, 15) is 9.59 Å². The van der Waals surface area contributed by atoms with Crippen LogP contribution in [0.2, 0.25) is 0 Å². The SMILES string of the molecule is CCN(Cc1ccccc1)C(=O)C(=O)NCC(N)=S. The van der Waals surface area contributed by atoms with E-state index in [1.165, 1.54) is 4.90 Å². The van der Waals surface area contributed by atoms with E-state index in [2.05, 4.69) is 17.5 Å². The number of benzene rings is 1. The van der Waals surface area contributed by atoms with Gasteiger partial charge in [0.25, 0.3) is 0 Å². The highest BCUT2D eigenvalue weighted by atomic mass is 32.1. The van der Waals surface area contributed by atoms with Crippen molar-refractivity contribution < 1.29 is 9.59 Å². The van der Waals surface area contributed by atoms with Gasteiger partial charge in [0.15, 0.2) is 0 Å². The van der Waals surface area contributed by atoms with Crippen LogP contribution in [0.3, 0.4) is 0 Å². The highest BCUT2D eigenvalue weighted by Gasteiger charge is 2.20. The molecule has 3 N–H and O–H groups in total. The molecular weight excluding hydrogens is 262 g/mol. The Hall–Kier alpha value is -1.95. The Kier molecular flexibility index (Phi) is 5.95. The minimum Gasteiger partial charge on any atom is -0.392 e. The van der Waals surface area contributed by atoms with E-state index in [4.69, 9.17) is 5.73 Å². The normalized spacial score (nSPS) is 9.74.